The summed E-state index contributed by atoms with van der Waals surface area (Å²) < 4.78 is 14.2. The first kappa shape index (κ1) is 15.0. The highest BCUT2D eigenvalue weighted by molar-refractivity contribution is 9.10. The molecule has 0 aromatic heterocycles. The first-order chi connectivity index (χ1) is 9.38. The summed E-state index contributed by atoms with van der Waals surface area (Å²) in [5.41, 5.74) is 0.0712. The lowest BCUT2D eigenvalue weighted by Crippen LogP contribution is -2.30. The number of hydrogen-bond donors (Lipinski definition) is 2. The number of amides is 1. The van der Waals surface area contributed by atoms with Crippen LogP contribution in [0, 0.1) is 23.6 Å². The quantitative estimate of drug-likeness (QED) is 0.884. The van der Waals surface area contributed by atoms with Crippen LogP contribution in [-0.4, -0.2) is 17.0 Å². The molecule has 1 amide bonds. The molecule has 3 unspecified atom stereocenters. The minimum absolute atomic E-state index is 0.0712. The molecular weight excluding hydrogens is 329 g/mol. The van der Waals surface area contributed by atoms with Gasteiger partial charge in [-0.25, -0.2) is 4.39 Å². The molecule has 0 spiro atoms. The number of carboxylic acids is 1. The third-order valence-electron chi connectivity index (χ3n) is 3.64. The van der Waals surface area contributed by atoms with Crippen LogP contribution in [-0.2, 0) is 9.59 Å². The van der Waals surface area contributed by atoms with Gasteiger partial charge in [0.15, 0.2) is 0 Å². The Morgan fingerprint density at radius 3 is 2.60 bits per heavy atom. The van der Waals surface area contributed by atoms with Crippen LogP contribution in [0.2, 0.25) is 0 Å². The molecule has 0 radical (unpaired) electrons. The molecule has 6 heteroatoms. The third-order valence-corrected chi connectivity index (χ3v) is 4.13. The molecule has 108 valence electrons. The summed E-state index contributed by atoms with van der Waals surface area (Å²) >= 11 is 3.13. The summed E-state index contributed by atoms with van der Waals surface area (Å²) in [4.78, 5) is 23.3. The number of carbonyl (C=O) groups is 2. The normalized spacial score (nSPS) is 25.4. The van der Waals surface area contributed by atoms with Gasteiger partial charge in [-0.3, -0.25) is 9.59 Å². The van der Waals surface area contributed by atoms with Crippen LogP contribution in [0.3, 0.4) is 0 Å². The van der Waals surface area contributed by atoms with E-state index in [1.807, 2.05) is 6.92 Å². The van der Waals surface area contributed by atoms with Crippen molar-refractivity contribution in [1.29, 1.82) is 0 Å². The Balaban J connectivity index is 2.13. The van der Waals surface area contributed by atoms with Crippen LogP contribution in [0.15, 0.2) is 22.7 Å². The van der Waals surface area contributed by atoms with Crippen molar-refractivity contribution in [3.8, 4) is 0 Å². The summed E-state index contributed by atoms with van der Waals surface area (Å²) in [6.45, 7) is 1.92. The highest BCUT2D eigenvalue weighted by Crippen LogP contribution is 2.37. The Morgan fingerprint density at radius 1 is 1.35 bits per heavy atom. The first-order valence-electron chi connectivity index (χ1n) is 6.37. The van der Waals surface area contributed by atoms with E-state index in [0.29, 0.717) is 17.3 Å². The van der Waals surface area contributed by atoms with E-state index in [4.69, 9.17) is 5.11 Å². The molecule has 20 heavy (non-hydrogen) atoms. The van der Waals surface area contributed by atoms with Gasteiger partial charge in [-0.05, 0) is 37.0 Å². The van der Waals surface area contributed by atoms with E-state index in [1.54, 1.807) is 6.07 Å². The van der Waals surface area contributed by atoms with E-state index >= 15 is 0 Å². The lowest BCUT2D eigenvalue weighted by molar-refractivity contribution is -0.145. The fraction of sp³-hybridized carbons (Fsp3) is 0.429. The molecule has 0 heterocycles. The van der Waals surface area contributed by atoms with E-state index in [1.165, 1.54) is 12.1 Å². The van der Waals surface area contributed by atoms with E-state index in [2.05, 4.69) is 21.2 Å². The van der Waals surface area contributed by atoms with E-state index in [9.17, 15) is 14.0 Å². The summed E-state index contributed by atoms with van der Waals surface area (Å²) in [7, 11) is 0. The standard InChI is InChI=1S/C14H15BrFNO3/c1-7-4-9(10(5-7)14(19)20)13(18)17-12-3-2-8(15)6-11(12)16/h2-3,6-7,9-10H,4-5H2,1H3,(H,17,18)(H,19,20). The number of nitrogens with one attached hydrogen (secondary N) is 1. The second-order valence-corrected chi connectivity index (χ2v) is 6.16. The van der Waals surface area contributed by atoms with Gasteiger partial charge in [-0.1, -0.05) is 22.9 Å². The number of aliphatic carboxylic acids is 1. The number of benzene rings is 1. The van der Waals surface area contributed by atoms with Gasteiger partial charge in [0.25, 0.3) is 0 Å². The molecule has 0 aliphatic heterocycles. The zero-order chi connectivity index (χ0) is 14.9. The van der Waals surface area contributed by atoms with E-state index in [0.717, 1.165) is 0 Å². The Labute approximate surface area is 124 Å². The van der Waals surface area contributed by atoms with Crippen LogP contribution in [0.5, 0.6) is 0 Å². The van der Waals surface area contributed by atoms with Crippen LogP contribution in [0.1, 0.15) is 19.8 Å². The minimum Gasteiger partial charge on any atom is -0.481 e. The van der Waals surface area contributed by atoms with Crippen LogP contribution in [0.25, 0.3) is 0 Å². The molecule has 1 aliphatic carbocycles. The van der Waals surface area contributed by atoms with Gasteiger partial charge in [0, 0.05) is 4.47 Å². The predicted molar refractivity (Wildman–Crippen MR) is 75.7 cm³/mol. The molecule has 1 saturated carbocycles. The fourth-order valence-electron chi connectivity index (χ4n) is 2.67. The zero-order valence-electron chi connectivity index (χ0n) is 10.9. The lowest BCUT2D eigenvalue weighted by atomic mass is 9.95. The molecular formula is C14H15BrFNO3. The highest BCUT2D eigenvalue weighted by Gasteiger charge is 2.41. The number of rotatable bonds is 3. The Kier molecular flexibility index (Phi) is 4.42. The Bertz CT molecular complexity index is 549. The molecule has 1 aromatic rings. The summed E-state index contributed by atoms with van der Waals surface area (Å²) in [6, 6.07) is 4.32. The van der Waals surface area contributed by atoms with Gasteiger partial charge in [-0.2, -0.15) is 0 Å². The SMILES string of the molecule is CC1CC(C(=O)O)C(C(=O)Nc2ccc(Br)cc2F)C1. The van der Waals surface area contributed by atoms with Crippen LogP contribution >= 0.6 is 15.9 Å². The van der Waals surface area contributed by atoms with Gasteiger partial charge in [-0.15, -0.1) is 0 Å². The van der Waals surface area contributed by atoms with Crippen molar-refractivity contribution in [2.75, 3.05) is 5.32 Å². The maximum absolute atomic E-state index is 13.7. The van der Waals surface area contributed by atoms with Gasteiger partial charge < -0.3 is 10.4 Å². The molecule has 2 rings (SSSR count). The number of carboxylic acid groups (broad SMARTS) is 1. The predicted octanol–water partition coefficient (Wildman–Crippen LogP) is 3.27. The number of carbonyl (C=O) groups excluding carboxylic acids is 1. The van der Waals surface area contributed by atoms with Crippen molar-refractivity contribution in [2.45, 2.75) is 19.8 Å². The van der Waals surface area contributed by atoms with E-state index in [-0.39, 0.29) is 11.6 Å². The van der Waals surface area contributed by atoms with Gasteiger partial charge >= 0.3 is 5.97 Å². The summed E-state index contributed by atoms with van der Waals surface area (Å²) in [5, 5.41) is 11.6. The average molecular weight is 344 g/mol. The maximum atomic E-state index is 13.7. The van der Waals surface area contributed by atoms with Crippen molar-refractivity contribution in [3.63, 3.8) is 0 Å². The Hall–Kier alpha value is -1.43. The molecule has 1 fully saturated rings. The molecule has 0 bridgehead atoms. The molecule has 1 aliphatic rings. The second-order valence-electron chi connectivity index (χ2n) is 5.24. The van der Waals surface area contributed by atoms with Crippen LogP contribution in [0.4, 0.5) is 10.1 Å². The van der Waals surface area contributed by atoms with Crippen molar-refractivity contribution >= 4 is 33.5 Å². The number of halogens is 2. The van der Waals surface area contributed by atoms with Crippen molar-refractivity contribution < 1.29 is 19.1 Å². The Morgan fingerprint density at radius 2 is 2.00 bits per heavy atom. The fourth-order valence-corrected chi connectivity index (χ4v) is 3.00. The van der Waals surface area contributed by atoms with Gasteiger partial charge in [0.05, 0.1) is 17.5 Å². The van der Waals surface area contributed by atoms with Crippen molar-refractivity contribution in [3.05, 3.63) is 28.5 Å². The smallest absolute Gasteiger partial charge is 0.307 e. The number of hydrogen-bond acceptors (Lipinski definition) is 2. The molecule has 4 nitrogen and oxygen atoms in total. The minimum atomic E-state index is -0.967. The van der Waals surface area contributed by atoms with E-state index < -0.39 is 29.5 Å². The lowest BCUT2D eigenvalue weighted by Gasteiger charge is -2.16. The topological polar surface area (TPSA) is 66.4 Å². The summed E-state index contributed by atoms with van der Waals surface area (Å²) in [6.07, 6.45) is 0.997. The maximum Gasteiger partial charge on any atom is 0.307 e. The van der Waals surface area contributed by atoms with Gasteiger partial charge in [0.1, 0.15) is 5.82 Å². The number of anilines is 1. The molecule has 3 atom stereocenters. The summed E-state index contributed by atoms with van der Waals surface area (Å²) in [5.74, 6) is -3.06. The van der Waals surface area contributed by atoms with Crippen molar-refractivity contribution in [2.24, 2.45) is 17.8 Å². The molecule has 2 N–H and O–H groups in total. The largest absolute Gasteiger partial charge is 0.481 e. The highest BCUT2D eigenvalue weighted by atomic mass is 79.9. The van der Waals surface area contributed by atoms with Gasteiger partial charge in [0.2, 0.25) is 5.91 Å². The van der Waals surface area contributed by atoms with Crippen LogP contribution < -0.4 is 5.32 Å². The first-order valence-corrected chi connectivity index (χ1v) is 7.16. The molecule has 1 aromatic carbocycles. The monoisotopic (exact) mass is 343 g/mol. The average Bonchev–Trinajstić information content (AvgIpc) is 2.75. The van der Waals surface area contributed by atoms with Crippen molar-refractivity contribution in [1.82, 2.24) is 0 Å². The second kappa shape index (κ2) is 5.91. The molecule has 0 saturated heterocycles. The third kappa shape index (κ3) is 3.17. The zero-order valence-corrected chi connectivity index (χ0v) is 12.5.